The topological polar surface area (TPSA) is 106 Å². The number of aliphatic imine (C=N–C) groups is 1. The maximum atomic E-state index is 12.3. The van der Waals surface area contributed by atoms with Crippen LogP contribution < -0.4 is 15.4 Å². The number of benzene rings is 2. The molecule has 1 fully saturated rings. The predicted molar refractivity (Wildman–Crippen MR) is 115 cm³/mol. The van der Waals surface area contributed by atoms with E-state index in [9.17, 15) is 14.4 Å². The molecule has 0 radical (unpaired) electrons. The van der Waals surface area contributed by atoms with E-state index in [0.717, 1.165) is 0 Å². The van der Waals surface area contributed by atoms with Crippen molar-refractivity contribution in [1.29, 1.82) is 0 Å². The number of amides is 2. The van der Waals surface area contributed by atoms with Gasteiger partial charge in [-0.15, -0.1) is 0 Å². The SMILES string of the molecule is CCOC(=O)c1ccc(NC(=O)C[C@@H]2SC(=Nc3ccc(OC)cc3)NC2=O)cc1. The maximum Gasteiger partial charge on any atom is 0.338 e. The Morgan fingerprint density at radius 3 is 2.47 bits per heavy atom. The summed E-state index contributed by atoms with van der Waals surface area (Å²) in [6.07, 6.45) is -0.00222. The number of thioether (sulfide) groups is 1. The summed E-state index contributed by atoms with van der Waals surface area (Å²) in [5.74, 6) is -0.276. The first-order valence-electron chi connectivity index (χ1n) is 9.25. The van der Waals surface area contributed by atoms with Crippen LogP contribution in [-0.4, -0.2) is 41.9 Å². The zero-order chi connectivity index (χ0) is 21.5. The minimum atomic E-state index is -0.569. The minimum absolute atomic E-state index is 0.00222. The number of methoxy groups -OCH3 is 1. The number of hydrogen-bond acceptors (Lipinski definition) is 7. The third kappa shape index (κ3) is 5.60. The fourth-order valence-corrected chi connectivity index (χ4v) is 3.64. The average Bonchev–Trinajstić information content (AvgIpc) is 3.07. The molecule has 0 unspecified atom stereocenters. The Morgan fingerprint density at radius 1 is 1.13 bits per heavy atom. The predicted octanol–water partition coefficient (Wildman–Crippen LogP) is 3.12. The van der Waals surface area contributed by atoms with Gasteiger partial charge in [-0.25, -0.2) is 9.79 Å². The van der Waals surface area contributed by atoms with Crippen molar-refractivity contribution in [3.05, 3.63) is 54.1 Å². The van der Waals surface area contributed by atoms with Crippen molar-refractivity contribution in [3.63, 3.8) is 0 Å². The van der Waals surface area contributed by atoms with Crippen LogP contribution >= 0.6 is 11.8 Å². The highest BCUT2D eigenvalue weighted by molar-refractivity contribution is 8.15. The van der Waals surface area contributed by atoms with Gasteiger partial charge in [0.1, 0.15) is 11.0 Å². The van der Waals surface area contributed by atoms with Crippen molar-refractivity contribution >= 4 is 46.1 Å². The molecule has 2 aromatic carbocycles. The quantitative estimate of drug-likeness (QED) is 0.658. The smallest absolute Gasteiger partial charge is 0.338 e. The van der Waals surface area contributed by atoms with Crippen LogP contribution in [0.1, 0.15) is 23.7 Å². The first-order valence-corrected chi connectivity index (χ1v) is 10.1. The van der Waals surface area contributed by atoms with E-state index in [0.29, 0.717) is 34.5 Å². The number of amidine groups is 1. The normalized spacial score (nSPS) is 16.8. The molecule has 1 atom stereocenters. The molecule has 8 nitrogen and oxygen atoms in total. The molecule has 0 saturated carbocycles. The minimum Gasteiger partial charge on any atom is -0.497 e. The number of nitrogens with one attached hydrogen (secondary N) is 2. The second kappa shape index (κ2) is 9.93. The van der Waals surface area contributed by atoms with Gasteiger partial charge in [-0.2, -0.15) is 0 Å². The fraction of sp³-hybridized carbons (Fsp3) is 0.238. The van der Waals surface area contributed by atoms with Gasteiger partial charge in [0.2, 0.25) is 11.8 Å². The molecule has 30 heavy (non-hydrogen) atoms. The number of anilines is 1. The van der Waals surface area contributed by atoms with Crippen LogP contribution in [0, 0.1) is 0 Å². The van der Waals surface area contributed by atoms with E-state index < -0.39 is 11.2 Å². The molecule has 0 aliphatic carbocycles. The van der Waals surface area contributed by atoms with Gasteiger partial charge < -0.3 is 20.1 Å². The summed E-state index contributed by atoms with van der Waals surface area (Å²) < 4.78 is 10.0. The number of ether oxygens (including phenoxy) is 2. The monoisotopic (exact) mass is 427 g/mol. The first-order chi connectivity index (χ1) is 14.5. The van der Waals surface area contributed by atoms with Gasteiger partial charge in [0.15, 0.2) is 5.17 Å². The molecule has 156 valence electrons. The van der Waals surface area contributed by atoms with E-state index in [1.165, 1.54) is 11.8 Å². The molecule has 0 bridgehead atoms. The average molecular weight is 427 g/mol. The maximum absolute atomic E-state index is 12.3. The molecule has 1 aliphatic heterocycles. The highest BCUT2D eigenvalue weighted by Crippen LogP contribution is 2.26. The van der Waals surface area contributed by atoms with Crippen LogP contribution in [0.25, 0.3) is 0 Å². The zero-order valence-electron chi connectivity index (χ0n) is 16.5. The van der Waals surface area contributed by atoms with Crippen LogP contribution in [-0.2, 0) is 14.3 Å². The van der Waals surface area contributed by atoms with Crippen molar-refractivity contribution in [2.75, 3.05) is 19.0 Å². The molecule has 0 spiro atoms. The summed E-state index contributed by atoms with van der Waals surface area (Å²) >= 11 is 1.21. The second-order valence-corrected chi connectivity index (χ2v) is 7.45. The van der Waals surface area contributed by atoms with Crippen LogP contribution in [0.4, 0.5) is 11.4 Å². The lowest BCUT2D eigenvalue weighted by Gasteiger charge is -2.08. The number of carbonyl (C=O) groups excluding carboxylic acids is 3. The summed E-state index contributed by atoms with van der Waals surface area (Å²) in [6, 6.07) is 13.5. The largest absolute Gasteiger partial charge is 0.497 e. The van der Waals surface area contributed by atoms with Crippen molar-refractivity contribution < 1.29 is 23.9 Å². The van der Waals surface area contributed by atoms with Crippen LogP contribution in [0.15, 0.2) is 53.5 Å². The molecule has 2 N–H and O–H groups in total. The third-order valence-electron chi connectivity index (χ3n) is 4.13. The Hall–Kier alpha value is -3.33. The molecular weight excluding hydrogens is 406 g/mol. The van der Waals surface area contributed by atoms with E-state index in [1.807, 2.05) is 0 Å². The molecule has 1 aliphatic rings. The van der Waals surface area contributed by atoms with Crippen molar-refractivity contribution in [1.82, 2.24) is 5.32 Å². The van der Waals surface area contributed by atoms with Gasteiger partial charge in [-0.1, -0.05) is 11.8 Å². The summed E-state index contributed by atoms with van der Waals surface area (Å²) in [6.45, 7) is 2.03. The van der Waals surface area contributed by atoms with E-state index in [-0.39, 0.29) is 18.2 Å². The third-order valence-corrected chi connectivity index (χ3v) is 5.21. The summed E-state index contributed by atoms with van der Waals surface area (Å²) in [5, 5.41) is 5.30. The van der Waals surface area contributed by atoms with Crippen LogP contribution in [0.5, 0.6) is 5.75 Å². The first kappa shape index (κ1) is 21.4. The Labute approximate surface area is 178 Å². The van der Waals surface area contributed by atoms with Crippen molar-refractivity contribution in [2.45, 2.75) is 18.6 Å². The second-order valence-electron chi connectivity index (χ2n) is 6.26. The fourth-order valence-electron chi connectivity index (χ4n) is 2.65. The van der Waals surface area contributed by atoms with Gasteiger partial charge in [0.25, 0.3) is 0 Å². The number of carbonyl (C=O) groups is 3. The Morgan fingerprint density at radius 2 is 1.83 bits per heavy atom. The van der Waals surface area contributed by atoms with Gasteiger partial charge in [0, 0.05) is 12.1 Å². The van der Waals surface area contributed by atoms with Gasteiger partial charge in [0.05, 0.1) is 25.0 Å². The number of rotatable bonds is 7. The van der Waals surface area contributed by atoms with Gasteiger partial charge in [-0.05, 0) is 55.5 Å². The van der Waals surface area contributed by atoms with Gasteiger partial charge in [-0.3, -0.25) is 9.59 Å². The van der Waals surface area contributed by atoms with E-state index in [4.69, 9.17) is 9.47 Å². The summed E-state index contributed by atoms with van der Waals surface area (Å²) in [4.78, 5) is 40.5. The van der Waals surface area contributed by atoms with Gasteiger partial charge >= 0.3 is 5.97 Å². The number of nitrogens with zero attached hydrogens (tertiary/aromatic N) is 1. The highest BCUT2D eigenvalue weighted by atomic mass is 32.2. The molecular formula is C21H21N3O5S. The van der Waals surface area contributed by atoms with Crippen molar-refractivity contribution in [2.24, 2.45) is 4.99 Å². The lowest BCUT2D eigenvalue weighted by molar-refractivity contribution is -0.122. The molecule has 2 aromatic rings. The standard InChI is InChI=1S/C21H21N3O5S/c1-3-29-20(27)13-4-6-14(7-5-13)22-18(25)12-17-19(26)24-21(30-17)23-15-8-10-16(28-2)11-9-15/h4-11,17H,3,12H2,1-2H3,(H,22,25)(H,23,24,26)/t17-/m0/s1. The molecule has 2 amide bonds. The van der Waals surface area contributed by atoms with Crippen LogP contribution in [0.3, 0.4) is 0 Å². The van der Waals surface area contributed by atoms with Crippen LogP contribution in [0.2, 0.25) is 0 Å². The number of esters is 1. The molecule has 1 saturated heterocycles. The lowest BCUT2D eigenvalue weighted by Crippen LogP contribution is -2.28. The Balaban J connectivity index is 1.55. The van der Waals surface area contributed by atoms with Crippen molar-refractivity contribution in [3.8, 4) is 5.75 Å². The summed E-state index contributed by atoms with van der Waals surface area (Å²) in [7, 11) is 1.58. The highest BCUT2D eigenvalue weighted by Gasteiger charge is 2.32. The number of hydrogen-bond donors (Lipinski definition) is 2. The Bertz CT molecular complexity index is 958. The lowest BCUT2D eigenvalue weighted by atomic mass is 10.2. The van der Waals surface area contributed by atoms with E-state index >= 15 is 0 Å². The molecule has 9 heteroatoms. The Kier molecular flexibility index (Phi) is 7.08. The zero-order valence-corrected chi connectivity index (χ0v) is 17.3. The molecule has 3 rings (SSSR count). The molecule has 1 heterocycles. The van der Waals surface area contributed by atoms with E-state index in [2.05, 4.69) is 15.6 Å². The summed E-state index contributed by atoms with van der Waals surface area (Å²) in [5.41, 5.74) is 1.61. The molecule has 0 aromatic heterocycles. The van der Waals surface area contributed by atoms with E-state index in [1.54, 1.807) is 62.6 Å².